The lowest BCUT2D eigenvalue weighted by Gasteiger charge is -2.19. The van der Waals surface area contributed by atoms with Crippen LogP contribution in [0, 0.1) is 13.8 Å². The van der Waals surface area contributed by atoms with Crippen LogP contribution in [0.2, 0.25) is 0 Å². The maximum Gasteiger partial charge on any atom is 0.339 e. The van der Waals surface area contributed by atoms with E-state index in [1.165, 1.54) is 0 Å². The number of benzene rings is 2. The third kappa shape index (κ3) is 5.03. The minimum Gasteiger partial charge on any atom is -0.452 e. The number of carbonyl (C=O) groups is 3. The van der Waals surface area contributed by atoms with Crippen molar-refractivity contribution in [3.8, 4) is 0 Å². The first kappa shape index (κ1) is 22.5. The maximum atomic E-state index is 13.0. The van der Waals surface area contributed by atoms with Crippen molar-refractivity contribution < 1.29 is 19.1 Å². The average Bonchev–Trinajstić information content (AvgIpc) is 2.82. The Kier molecular flexibility index (Phi) is 6.68. The highest BCUT2D eigenvalue weighted by molar-refractivity contribution is 6.05. The van der Waals surface area contributed by atoms with Crippen molar-refractivity contribution in [2.45, 2.75) is 39.5 Å². The molecule has 0 bridgehead atoms. The number of fused-ring (bicyclic) bond motifs is 2. The van der Waals surface area contributed by atoms with Crippen molar-refractivity contribution in [2.75, 3.05) is 18.5 Å². The van der Waals surface area contributed by atoms with Crippen LogP contribution in [0.1, 0.15) is 45.6 Å². The Bertz CT molecular complexity index is 1220. The maximum absolute atomic E-state index is 13.0. The molecule has 2 aromatic carbocycles. The standard InChI is InChI=1S/C26H27N3O4/c1-16-8-7-9-17(2)25(16)29-22(30)14-27-23(31)15-33-26(32)24-18-10-3-5-12-20(18)28-21-13-6-4-11-19(21)24/h3,5,7-10,12H,4,6,11,13-15H2,1-2H3,(H,27,31)(H,29,30). The SMILES string of the molecule is Cc1cccc(C)c1NC(=O)CNC(=O)COC(=O)c1c2c(nc3ccccc13)CCCC2. The van der Waals surface area contributed by atoms with Gasteiger partial charge in [0.15, 0.2) is 6.61 Å². The Balaban J connectivity index is 1.38. The average molecular weight is 446 g/mol. The summed E-state index contributed by atoms with van der Waals surface area (Å²) in [5.41, 5.74) is 5.71. The molecule has 0 radical (unpaired) electrons. The van der Waals surface area contributed by atoms with Gasteiger partial charge in [0.05, 0.1) is 17.6 Å². The normalized spacial score (nSPS) is 12.7. The summed E-state index contributed by atoms with van der Waals surface area (Å²) in [7, 11) is 0. The lowest BCUT2D eigenvalue weighted by molar-refractivity contribution is -0.126. The van der Waals surface area contributed by atoms with Crippen LogP contribution in [0.5, 0.6) is 0 Å². The van der Waals surface area contributed by atoms with Gasteiger partial charge in [-0.25, -0.2) is 4.79 Å². The Hall–Kier alpha value is -3.74. The summed E-state index contributed by atoms with van der Waals surface area (Å²) in [6, 6.07) is 13.2. The molecule has 7 nitrogen and oxygen atoms in total. The number of nitrogens with zero attached hydrogens (tertiary/aromatic N) is 1. The van der Waals surface area contributed by atoms with Crippen molar-refractivity contribution in [3.05, 3.63) is 70.4 Å². The first-order chi connectivity index (χ1) is 15.9. The molecule has 1 aliphatic carbocycles. The van der Waals surface area contributed by atoms with E-state index in [1.54, 1.807) is 0 Å². The molecule has 170 valence electrons. The van der Waals surface area contributed by atoms with Gasteiger partial charge in [-0.05, 0) is 62.3 Å². The number of amides is 2. The summed E-state index contributed by atoms with van der Waals surface area (Å²) in [5.74, 6) is -1.42. The molecule has 2 amide bonds. The molecular weight excluding hydrogens is 418 g/mol. The number of hydrogen-bond acceptors (Lipinski definition) is 5. The highest BCUT2D eigenvalue weighted by Crippen LogP contribution is 2.29. The third-order valence-electron chi connectivity index (χ3n) is 5.90. The molecule has 1 aliphatic rings. The van der Waals surface area contributed by atoms with Gasteiger partial charge in [0.2, 0.25) is 5.91 Å². The monoisotopic (exact) mass is 445 g/mol. The van der Waals surface area contributed by atoms with E-state index in [2.05, 4.69) is 10.6 Å². The second-order valence-corrected chi connectivity index (χ2v) is 8.30. The Morgan fingerprint density at radius 3 is 2.45 bits per heavy atom. The second kappa shape index (κ2) is 9.81. The zero-order valence-corrected chi connectivity index (χ0v) is 18.9. The first-order valence-corrected chi connectivity index (χ1v) is 11.1. The smallest absolute Gasteiger partial charge is 0.339 e. The van der Waals surface area contributed by atoms with Gasteiger partial charge in [-0.15, -0.1) is 0 Å². The molecule has 7 heteroatoms. The van der Waals surface area contributed by atoms with Crippen LogP contribution >= 0.6 is 0 Å². The van der Waals surface area contributed by atoms with Crippen molar-refractivity contribution in [2.24, 2.45) is 0 Å². The second-order valence-electron chi connectivity index (χ2n) is 8.30. The molecule has 33 heavy (non-hydrogen) atoms. The number of rotatable bonds is 6. The van der Waals surface area contributed by atoms with Gasteiger partial charge in [0, 0.05) is 16.8 Å². The summed E-state index contributed by atoms with van der Waals surface area (Å²) < 4.78 is 5.34. The number of aryl methyl sites for hydroxylation is 3. The molecule has 2 N–H and O–H groups in total. The Labute approximate surface area is 192 Å². The van der Waals surface area contributed by atoms with E-state index >= 15 is 0 Å². The third-order valence-corrected chi connectivity index (χ3v) is 5.90. The van der Waals surface area contributed by atoms with Gasteiger partial charge in [-0.1, -0.05) is 36.4 Å². The highest BCUT2D eigenvalue weighted by Gasteiger charge is 2.24. The van der Waals surface area contributed by atoms with E-state index < -0.39 is 18.5 Å². The fraction of sp³-hybridized carbons (Fsp3) is 0.308. The number of aromatic nitrogens is 1. The number of esters is 1. The van der Waals surface area contributed by atoms with Crippen molar-refractivity contribution >= 4 is 34.4 Å². The lowest BCUT2D eigenvalue weighted by atomic mass is 9.90. The Morgan fingerprint density at radius 2 is 1.67 bits per heavy atom. The topological polar surface area (TPSA) is 97.4 Å². The largest absolute Gasteiger partial charge is 0.452 e. The molecule has 1 aromatic heterocycles. The molecule has 0 atom stereocenters. The summed E-state index contributed by atoms with van der Waals surface area (Å²) in [6.07, 6.45) is 3.63. The number of carbonyl (C=O) groups excluding carboxylic acids is 3. The number of pyridine rings is 1. The van der Waals surface area contributed by atoms with Crippen LogP contribution < -0.4 is 10.6 Å². The van der Waals surface area contributed by atoms with E-state index in [0.717, 1.165) is 64.7 Å². The van der Waals surface area contributed by atoms with Gasteiger partial charge in [0.1, 0.15) is 0 Å². The van der Waals surface area contributed by atoms with E-state index in [-0.39, 0.29) is 12.5 Å². The van der Waals surface area contributed by atoms with Gasteiger partial charge in [-0.3, -0.25) is 14.6 Å². The van der Waals surface area contributed by atoms with Crippen molar-refractivity contribution in [1.82, 2.24) is 10.3 Å². The van der Waals surface area contributed by atoms with Crippen LogP contribution in [-0.4, -0.2) is 35.9 Å². The summed E-state index contributed by atoms with van der Waals surface area (Å²) in [6.45, 7) is 3.14. The number of anilines is 1. The van der Waals surface area contributed by atoms with Gasteiger partial charge < -0.3 is 15.4 Å². The summed E-state index contributed by atoms with van der Waals surface area (Å²) in [4.78, 5) is 42.2. The number of nitrogens with one attached hydrogen (secondary N) is 2. The predicted molar refractivity (Wildman–Crippen MR) is 126 cm³/mol. The zero-order chi connectivity index (χ0) is 23.4. The molecule has 0 spiro atoms. The number of hydrogen-bond donors (Lipinski definition) is 2. The van der Waals surface area contributed by atoms with Crippen molar-refractivity contribution in [3.63, 3.8) is 0 Å². The molecular formula is C26H27N3O4. The predicted octanol–water partition coefficient (Wildman–Crippen LogP) is 3.64. The highest BCUT2D eigenvalue weighted by atomic mass is 16.5. The van der Waals surface area contributed by atoms with Crippen LogP contribution in [0.15, 0.2) is 42.5 Å². The molecule has 4 rings (SSSR count). The molecule has 1 heterocycles. The van der Waals surface area contributed by atoms with Crippen LogP contribution in [0.3, 0.4) is 0 Å². The van der Waals surface area contributed by atoms with Crippen LogP contribution in [0.4, 0.5) is 5.69 Å². The fourth-order valence-electron chi connectivity index (χ4n) is 4.23. The van der Waals surface area contributed by atoms with Gasteiger partial charge in [-0.2, -0.15) is 0 Å². The lowest BCUT2D eigenvalue weighted by Crippen LogP contribution is -2.36. The quantitative estimate of drug-likeness (QED) is 0.565. The summed E-state index contributed by atoms with van der Waals surface area (Å²) >= 11 is 0. The first-order valence-electron chi connectivity index (χ1n) is 11.1. The van der Waals surface area contributed by atoms with Crippen molar-refractivity contribution in [1.29, 1.82) is 0 Å². The minimum absolute atomic E-state index is 0.211. The van der Waals surface area contributed by atoms with Crippen LogP contribution in [-0.2, 0) is 27.2 Å². The molecule has 0 saturated carbocycles. The summed E-state index contributed by atoms with van der Waals surface area (Å²) in [5, 5.41) is 6.05. The number of para-hydroxylation sites is 2. The van der Waals surface area contributed by atoms with Gasteiger partial charge in [0.25, 0.3) is 5.91 Å². The zero-order valence-electron chi connectivity index (χ0n) is 18.9. The van der Waals surface area contributed by atoms with Crippen LogP contribution in [0.25, 0.3) is 10.9 Å². The van der Waals surface area contributed by atoms with E-state index in [9.17, 15) is 14.4 Å². The molecule has 0 saturated heterocycles. The van der Waals surface area contributed by atoms with E-state index in [4.69, 9.17) is 9.72 Å². The minimum atomic E-state index is -0.540. The Morgan fingerprint density at radius 1 is 0.939 bits per heavy atom. The fourth-order valence-corrected chi connectivity index (χ4v) is 4.23. The van der Waals surface area contributed by atoms with Gasteiger partial charge >= 0.3 is 5.97 Å². The number of ether oxygens (including phenoxy) is 1. The molecule has 0 fully saturated rings. The molecule has 0 unspecified atom stereocenters. The van der Waals surface area contributed by atoms with E-state index in [0.29, 0.717) is 5.56 Å². The molecule has 0 aliphatic heterocycles. The molecule has 3 aromatic rings. The van der Waals surface area contributed by atoms with E-state index in [1.807, 2.05) is 56.3 Å².